The fourth-order valence-electron chi connectivity index (χ4n) is 5.32. The van der Waals surface area contributed by atoms with Gasteiger partial charge in [-0.25, -0.2) is 18.0 Å². The van der Waals surface area contributed by atoms with Crippen LogP contribution in [-0.4, -0.2) is 49.9 Å². The first kappa shape index (κ1) is 38.3. The van der Waals surface area contributed by atoms with Crippen LogP contribution in [0, 0.1) is 17.5 Å². The predicted molar refractivity (Wildman–Crippen MR) is 147 cm³/mol. The molecular formula is C30H27F12N5O3. The number of aromatic nitrogens is 3. The number of alkyl carbamates (subject to hydrolysis) is 1. The summed E-state index contributed by atoms with van der Waals surface area (Å²) in [6.07, 6.45) is -19.2. The van der Waals surface area contributed by atoms with Crippen molar-refractivity contribution in [2.24, 2.45) is 0 Å². The Hall–Kier alpha value is -4.52. The van der Waals surface area contributed by atoms with Crippen molar-refractivity contribution in [1.82, 2.24) is 25.0 Å². The number of alkyl halides is 9. The van der Waals surface area contributed by atoms with Crippen molar-refractivity contribution in [1.29, 1.82) is 0 Å². The summed E-state index contributed by atoms with van der Waals surface area (Å²) in [5, 5.41) is 8.86. The molecule has 0 spiro atoms. The zero-order valence-corrected chi connectivity index (χ0v) is 26.1. The Morgan fingerprint density at radius 3 is 1.94 bits per heavy atom. The highest BCUT2D eigenvalue weighted by Crippen LogP contribution is 2.39. The van der Waals surface area contributed by atoms with Gasteiger partial charge in [-0.3, -0.25) is 4.79 Å². The lowest BCUT2D eigenvalue weighted by Gasteiger charge is -2.37. The van der Waals surface area contributed by atoms with E-state index in [-0.39, 0.29) is 12.1 Å². The third kappa shape index (κ3) is 9.17. The van der Waals surface area contributed by atoms with Crippen LogP contribution in [0.4, 0.5) is 57.5 Å². The number of halogens is 12. The third-order valence-electron chi connectivity index (χ3n) is 7.37. The first-order valence-corrected chi connectivity index (χ1v) is 14.5. The van der Waals surface area contributed by atoms with Gasteiger partial charge in [0.25, 0.3) is 0 Å². The SMILES string of the molecule is CC(C)(C)OC(=O)N[C@@H](CC(=O)N1CCn2c(nnc2C(F)(F)F)[C@H]1Cc1cc(C(F)(F)F)cc(C(F)(F)F)c1)Cc1cc(F)c(F)cc1F. The molecule has 0 unspecified atom stereocenters. The van der Waals surface area contributed by atoms with E-state index in [9.17, 15) is 62.3 Å². The summed E-state index contributed by atoms with van der Waals surface area (Å²) in [7, 11) is 0. The van der Waals surface area contributed by atoms with E-state index >= 15 is 0 Å². The number of fused-ring (bicyclic) bond motifs is 1. The van der Waals surface area contributed by atoms with Gasteiger partial charge >= 0.3 is 24.6 Å². The molecule has 1 aromatic heterocycles. The molecule has 0 saturated carbocycles. The molecule has 4 rings (SSSR count). The quantitative estimate of drug-likeness (QED) is 0.202. The Balaban J connectivity index is 1.75. The molecule has 1 aliphatic heterocycles. The number of hydrogen-bond acceptors (Lipinski definition) is 5. The van der Waals surface area contributed by atoms with Gasteiger partial charge < -0.3 is 19.5 Å². The minimum Gasteiger partial charge on any atom is -0.444 e. The Labute approximate surface area is 275 Å². The van der Waals surface area contributed by atoms with E-state index in [1.165, 1.54) is 20.8 Å². The maximum Gasteiger partial charge on any atom is 0.451 e. The van der Waals surface area contributed by atoms with Gasteiger partial charge in [0, 0.05) is 38.0 Å². The third-order valence-corrected chi connectivity index (χ3v) is 7.37. The van der Waals surface area contributed by atoms with Gasteiger partial charge in [-0.1, -0.05) is 0 Å². The Kier molecular flexibility index (Phi) is 10.5. The van der Waals surface area contributed by atoms with E-state index < -0.39 is 132 Å². The molecule has 2 aromatic carbocycles. The minimum atomic E-state index is -5.27. The summed E-state index contributed by atoms with van der Waals surface area (Å²) in [4.78, 5) is 27.2. The summed E-state index contributed by atoms with van der Waals surface area (Å²) in [6, 6.07) is -1.97. The van der Waals surface area contributed by atoms with Crippen molar-refractivity contribution >= 4 is 12.0 Å². The Bertz CT molecular complexity index is 1710. The zero-order chi connectivity index (χ0) is 37.6. The fraction of sp³-hybridized carbons (Fsp3) is 0.467. The number of rotatable bonds is 7. The average molecular weight is 734 g/mol. The van der Waals surface area contributed by atoms with Crippen molar-refractivity contribution in [3.63, 3.8) is 0 Å². The monoisotopic (exact) mass is 733 g/mol. The second-order valence-corrected chi connectivity index (χ2v) is 12.4. The van der Waals surface area contributed by atoms with Crippen molar-refractivity contribution in [3.8, 4) is 0 Å². The van der Waals surface area contributed by atoms with Crippen molar-refractivity contribution in [2.75, 3.05) is 6.54 Å². The van der Waals surface area contributed by atoms with Crippen molar-refractivity contribution in [3.05, 3.63) is 81.7 Å². The molecule has 274 valence electrons. The van der Waals surface area contributed by atoms with E-state index in [4.69, 9.17) is 4.74 Å². The second-order valence-electron chi connectivity index (χ2n) is 12.4. The predicted octanol–water partition coefficient (Wildman–Crippen LogP) is 7.40. The topological polar surface area (TPSA) is 89.4 Å². The average Bonchev–Trinajstić information content (AvgIpc) is 3.39. The van der Waals surface area contributed by atoms with Crippen LogP contribution in [0.25, 0.3) is 0 Å². The maximum absolute atomic E-state index is 14.6. The molecule has 8 nitrogen and oxygen atoms in total. The molecule has 0 saturated heterocycles. The van der Waals surface area contributed by atoms with Gasteiger partial charge in [0.2, 0.25) is 11.7 Å². The molecule has 3 aromatic rings. The highest BCUT2D eigenvalue weighted by molar-refractivity contribution is 5.78. The molecule has 0 bridgehead atoms. The van der Waals surface area contributed by atoms with Crippen LogP contribution in [0.15, 0.2) is 30.3 Å². The summed E-state index contributed by atoms with van der Waals surface area (Å²) in [5.41, 5.74) is -5.71. The van der Waals surface area contributed by atoms with Gasteiger partial charge in [0.15, 0.2) is 17.5 Å². The Morgan fingerprint density at radius 1 is 0.820 bits per heavy atom. The van der Waals surface area contributed by atoms with Crippen LogP contribution >= 0.6 is 0 Å². The highest BCUT2D eigenvalue weighted by atomic mass is 19.4. The van der Waals surface area contributed by atoms with Gasteiger partial charge in [-0.05, 0) is 62.6 Å². The van der Waals surface area contributed by atoms with Gasteiger partial charge in [-0.15, -0.1) is 10.2 Å². The number of nitrogens with one attached hydrogen (secondary N) is 1. The maximum atomic E-state index is 14.6. The zero-order valence-electron chi connectivity index (χ0n) is 26.1. The number of carbonyl (C=O) groups excluding carboxylic acids is 2. The number of hydrogen-bond donors (Lipinski definition) is 1. The van der Waals surface area contributed by atoms with Crippen LogP contribution in [0.3, 0.4) is 0 Å². The highest BCUT2D eigenvalue weighted by Gasteiger charge is 2.44. The molecule has 0 fully saturated rings. The van der Waals surface area contributed by atoms with E-state index in [0.29, 0.717) is 22.8 Å². The summed E-state index contributed by atoms with van der Waals surface area (Å²) in [6.45, 7) is 3.22. The number of amides is 2. The van der Waals surface area contributed by atoms with Crippen LogP contribution in [-0.2, 0) is 47.4 Å². The molecule has 0 aliphatic carbocycles. The molecule has 0 radical (unpaired) electrons. The van der Waals surface area contributed by atoms with Gasteiger partial charge in [0.1, 0.15) is 11.4 Å². The van der Waals surface area contributed by atoms with Crippen LogP contribution in [0.1, 0.15) is 67.1 Å². The lowest BCUT2D eigenvalue weighted by molar-refractivity contribution is -0.149. The van der Waals surface area contributed by atoms with Gasteiger partial charge in [-0.2, -0.15) is 39.5 Å². The Morgan fingerprint density at radius 2 is 1.40 bits per heavy atom. The van der Waals surface area contributed by atoms with E-state index in [1.807, 2.05) is 0 Å². The molecule has 2 atom stereocenters. The summed E-state index contributed by atoms with van der Waals surface area (Å²) in [5.74, 6) is -7.47. The van der Waals surface area contributed by atoms with E-state index in [2.05, 4.69) is 15.5 Å². The minimum absolute atomic E-state index is 0.151. The van der Waals surface area contributed by atoms with Crippen molar-refractivity contribution < 1.29 is 67.0 Å². The summed E-state index contributed by atoms with van der Waals surface area (Å²) >= 11 is 0. The second kappa shape index (κ2) is 13.7. The molecule has 50 heavy (non-hydrogen) atoms. The lowest BCUT2D eigenvalue weighted by atomic mass is 9.96. The first-order chi connectivity index (χ1) is 22.8. The van der Waals surface area contributed by atoms with Crippen LogP contribution in [0.2, 0.25) is 0 Å². The lowest BCUT2D eigenvalue weighted by Crippen LogP contribution is -2.48. The molecule has 2 heterocycles. The molecule has 1 N–H and O–H groups in total. The number of ether oxygens (including phenoxy) is 1. The molecule has 1 aliphatic rings. The first-order valence-electron chi connectivity index (χ1n) is 14.5. The van der Waals surface area contributed by atoms with Crippen molar-refractivity contribution in [2.45, 2.75) is 82.8 Å². The number of benzene rings is 2. The smallest absolute Gasteiger partial charge is 0.444 e. The normalized spacial score (nSPS) is 16.2. The molecule has 2 amide bonds. The largest absolute Gasteiger partial charge is 0.451 e. The molecule has 20 heteroatoms. The van der Waals surface area contributed by atoms with Crippen LogP contribution < -0.4 is 5.32 Å². The van der Waals surface area contributed by atoms with E-state index in [1.54, 1.807) is 0 Å². The van der Waals surface area contributed by atoms with E-state index in [0.717, 1.165) is 4.90 Å². The fourth-order valence-corrected chi connectivity index (χ4v) is 5.32. The standard InChI is InChI=1S/C30H27F12N5O3/c1-27(2,3)50-26(49)43-18(9-15-10-20(32)21(33)13-19(15)31)12-23(48)46-4-5-47-24(44-45-25(47)30(40,41)42)22(46)8-14-6-16(28(34,35)36)11-17(7-14)29(37,38)39/h6-7,10-11,13,18,22H,4-5,8-9,12H2,1-3H3,(H,43,49)/t18-,22-/m1/s1. The van der Waals surface area contributed by atoms with Crippen LogP contribution in [0.5, 0.6) is 0 Å². The summed E-state index contributed by atoms with van der Waals surface area (Å²) < 4.78 is 171. The molecular weight excluding hydrogens is 706 g/mol. The number of nitrogens with zero attached hydrogens (tertiary/aromatic N) is 4. The van der Waals surface area contributed by atoms with Gasteiger partial charge in [0.05, 0.1) is 17.2 Å². The number of carbonyl (C=O) groups is 2.